The van der Waals surface area contributed by atoms with E-state index in [4.69, 9.17) is 0 Å². The third kappa shape index (κ3) is 3.71. The zero-order valence-corrected chi connectivity index (χ0v) is 13.1. The fraction of sp³-hybridized carbons (Fsp3) is 0.368. The molecule has 0 spiro atoms. The third-order valence-electron chi connectivity index (χ3n) is 3.77. The molecule has 20 heavy (non-hydrogen) atoms. The summed E-state index contributed by atoms with van der Waals surface area (Å²) >= 11 is 0. The van der Waals surface area contributed by atoms with Gasteiger partial charge in [0.1, 0.15) is 0 Å². The van der Waals surface area contributed by atoms with Gasteiger partial charge in [-0.25, -0.2) is 0 Å². The molecule has 0 unspecified atom stereocenters. The second-order valence-corrected chi connectivity index (χ2v) is 5.87. The molecule has 0 radical (unpaired) electrons. The Morgan fingerprint density at radius 3 is 2.20 bits per heavy atom. The lowest BCUT2D eigenvalue weighted by atomic mass is 9.94. The maximum Gasteiger partial charge on any atom is -0.00217 e. The average Bonchev–Trinajstić information content (AvgIpc) is 2.38. The van der Waals surface area contributed by atoms with Crippen LogP contribution in [0.5, 0.6) is 0 Å². The van der Waals surface area contributed by atoms with Crippen LogP contribution in [0.4, 0.5) is 0 Å². The van der Waals surface area contributed by atoms with Gasteiger partial charge in [-0.05, 0) is 75.1 Å². The van der Waals surface area contributed by atoms with Crippen molar-refractivity contribution in [3.63, 3.8) is 0 Å². The van der Waals surface area contributed by atoms with Gasteiger partial charge in [0.25, 0.3) is 0 Å². The van der Waals surface area contributed by atoms with Gasteiger partial charge in [0.2, 0.25) is 0 Å². The molecule has 0 N–H and O–H groups in total. The second kappa shape index (κ2) is 6.71. The van der Waals surface area contributed by atoms with Crippen LogP contribution in [0.1, 0.15) is 23.1 Å². The van der Waals surface area contributed by atoms with Gasteiger partial charge in [-0.3, -0.25) is 0 Å². The van der Waals surface area contributed by atoms with Crippen molar-refractivity contribution >= 4 is 0 Å². The molecule has 0 atom stereocenters. The second-order valence-electron chi connectivity index (χ2n) is 5.87. The fourth-order valence-corrected chi connectivity index (χ4v) is 2.75. The van der Waals surface area contributed by atoms with Gasteiger partial charge < -0.3 is 4.90 Å². The molecule has 0 aliphatic carbocycles. The zero-order chi connectivity index (χ0) is 14.5. The zero-order valence-electron chi connectivity index (χ0n) is 13.1. The van der Waals surface area contributed by atoms with Crippen LogP contribution in [0, 0.1) is 13.8 Å². The van der Waals surface area contributed by atoms with E-state index in [0.717, 1.165) is 13.0 Å². The van der Waals surface area contributed by atoms with E-state index in [-0.39, 0.29) is 0 Å². The molecule has 2 aromatic rings. The van der Waals surface area contributed by atoms with Crippen molar-refractivity contribution in [2.45, 2.75) is 26.7 Å². The summed E-state index contributed by atoms with van der Waals surface area (Å²) in [5.74, 6) is 0. The Morgan fingerprint density at radius 2 is 1.55 bits per heavy atom. The van der Waals surface area contributed by atoms with Gasteiger partial charge in [0.05, 0.1) is 0 Å². The molecule has 0 aromatic heterocycles. The van der Waals surface area contributed by atoms with Crippen LogP contribution in [-0.2, 0) is 6.42 Å². The molecule has 1 nitrogen and oxygen atoms in total. The van der Waals surface area contributed by atoms with Crippen molar-refractivity contribution in [3.05, 3.63) is 59.2 Å². The molecule has 0 aliphatic heterocycles. The molecule has 1 heteroatoms. The minimum Gasteiger partial charge on any atom is -0.309 e. The number of hydrogen-bond acceptors (Lipinski definition) is 1. The summed E-state index contributed by atoms with van der Waals surface area (Å²) in [6.07, 6.45) is 2.36. The molecule has 0 amide bonds. The quantitative estimate of drug-likeness (QED) is 0.773. The van der Waals surface area contributed by atoms with Crippen LogP contribution in [-0.4, -0.2) is 25.5 Å². The molecular weight excluding hydrogens is 242 g/mol. The number of aryl methyl sites for hydroxylation is 3. The van der Waals surface area contributed by atoms with E-state index in [1.807, 2.05) is 0 Å². The topological polar surface area (TPSA) is 3.24 Å². The highest BCUT2D eigenvalue weighted by Crippen LogP contribution is 2.27. The lowest BCUT2D eigenvalue weighted by Gasteiger charge is -2.12. The van der Waals surface area contributed by atoms with Crippen LogP contribution in [0.15, 0.2) is 42.5 Å². The normalized spacial score (nSPS) is 11.1. The predicted molar refractivity (Wildman–Crippen MR) is 88.2 cm³/mol. The lowest BCUT2D eigenvalue weighted by Crippen LogP contribution is -2.13. The van der Waals surface area contributed by atoms with E-state index < -0.39 is 0 Å². The van der Waals surface area contributed by atoms with Crippen molar-refractivity contribution in [2.24, 2.45) is 0 Å². The predicted octanol–water partition coefficient (Wildman–Crippen LogP) is 4.46. The molecule has 106 valence electrons. The van der Waals surface area contributed by atoms with Gasteiger partial charge in [-0.2, -0.15) is 0 Å². The number of hydrogen-bond donors (Lipinski definition) is 0. The molecule has 0 saturated carbocycles. The first-order valence-electron chi connectivity index (χ1n) is 7.38. The molecule has 0 fully saturated rings. The van der Waals surface area contributed by atoms with Gasteiger partial charge in [0.15, 0.2) is 0 Å². The Balaban J connectivity index is 2.21. The third-order valence-corrected chi connectivity index (χ3v) is 3.77. The fourth-order valence-electron chi connectivity index (χ4n) is 2.75. The highest BCUT2D eigenvalue weighted by Gasteiger charge is 2.05. The van der Waals surface area contributed by atoms with Gasteiger partial charge in [-0.15, -0.1) is 0 Å². The summed E-state index contributed by atoms with van der Waals surface area (Å²) in [6.45, 7) is 5.54. The van der Waals surface area contributed by atoms with Crippen molar-refractivity contribution in [1.29, 1.82) is 0 Å². The Bertz CT molecular complexity index is 549. The summed E-state index contributed by atoms with van der Waals surface area (Å²) < 4.78 is 0. The van der Waals surface area contributed by atoms with Crippen molar-refractivity contribution in [3.8, 4) is 11.1 Å². The van der Waals surface area contributed by atoms with Crippen LogP contribution in [0.25, 0.3) is 11.1 Å². The Morgan fingerprint density at radius 1 is 0.900 bits per heavy atom. The highest BCUT2D eigenvalue weighted by molar-refractivity contribution is 5.71. The smallest absolute Gasteiger partial charge is 0.00217 e. The van der Waals surface area contributed by atoms with Crippen LogP contribution in [0.2, 0.25) is 0 Å². The molecular formula is C19H25N. The monoisotopic (exact) mass is 267 g/mol. The molecule has 0 aliphatic rings. The summed E-state index contributed by atoms with van der Waals surface area (Å²) in [7, 11) is 4.26. The van der Waals surface area contributed by atoms with Crippen molar-refractivity contribution in [1.82, 2.24) is 4.90 Å². The van der Waals surface area contributed by atoms with Crippen LogP contribution < -0.4 is 0 Å². The average molecular weight is 267 g/mol. The van der Waals surface area contributed by atoms with E-state index in [0.29, 0.717) is 0 Å². The van der Waals surface area contributed by atoms with Crippen molar-refractivity contribution in [2.75, 3.05) is 20.6 Å². The van der Waals surface area contributed by atoms with E-state index in [2.05, 4.69) is 75.3 Å². The summed E-state index contributed by atoms with van der Waals surface area (Å²) in [6, 6.07) is 15.5. The van der Waals surface area contributed by atoms with E-state index >= 15 is 0 Å². The summed E-state index contributed by atoms with van der Waals surface area (Å²) in [4.78, 5) is 2.25. The van der Waals surface area contributed by atoms with Gasteiger partial charge in [-0.1, -0.05) is 42.5 Å². The summed E-state index contributed by atoms with van der Waals surface area (Å²) in [5.41, 5.74) is 6.89. The van der Waals surface area contributed by atoms with Crippen molar-refractivity contribution < 1.29 is 0 Å². The number of benzene rings is 2. The highest BCUT2D eigenvalue weighted by atomic mass is 15.0. The van der Waals surface area contributed by atoms with E-state index in [1.54, 1.807) is 0 Å². The van der Waals surface area contributed by atoms with Gasteiger partial charge >= 0.3 is 0 Å². The standard InChI is InChI=1S/C19H25N/c1-15-8-5-9-16(2)19(15)18-12-6-10-17(14-18)11-7-13-20(3)4/h5-6,8-10,12,14H,7,11,13H2,1-4H3. The first-order chi connectivity index (χ1) is 9.58. The lowest BCUT2D eigenvalue weighted by molar-refractivity contribution is 0.400. The molecule has 0 heterocycles. The maximum atomic E-state index is 2.35. The SMILES string of the molecule is Cc1cccc(C)c1-c1cccc(CCCN(C)C)c1. The Kier molecular flexibility index (Phi) is 4.97. The molecule has 0 saturated heterocycles. The van der Waals surface area contributed by atoms with Gasteiger partial charge in [0, 0.05) is 0 Å². The minimum absolute atomic E-state index is 1.15. The first-order valence-corrected chi connectivity index (χ1v) is 7.38. The molecule has 2 rings (SSSR count). The number of nitrogens with zero attached hydrogens (tertiary/aromatic N) is 1. The largest absolute Gasteiger partial charge is 0.309 e. The van der Waals surface area contributed by atoms with Crippen LogP contribution in [0.3, 0.4) is 0 Å². The minimum atomic E-state index is 1.15. The van der Waals surface area contributed by atoms with Crippen LogP contribution >= 0.6 is 0 Å². The van der Waals surface area contributed by atoms with E-state index in [9.17, 15) is 0 Å². The first kappa shape index (κ1) is 14.8. The maximum absolute atomic E-state index is 2.35. The number of rotatable bonds is 5. The Hall–Kier alpha value is -1.60. The summed E-state index contributed by atoms with van der Waals surface area (Å²) in [5, 5.41) is 0. The molecule has 2 aromatic carbocycles. The molecule has 0 bridgehead atoms. The van der Waals surface area contributed by atoms with E-state index in [1.165, 1.54) is 34.2 Å². The Labute approximate surface area is 123 Å².